The third kappa shape index (κ3) is 12.5. The van der Waals surface area contributed by atoms with Gasteiger partial charge in [0, 0.05) is 14.5 Å². The van der Waals surface area contributed by atoms with E-state index in [2.05, 4.69) is 18.5 Å². The smallest absolute Gasteiger partial charge is 0.344 e. The minimum atomic E-state index is -0.552. The number of ether oxygens (including phenoxy) is 3. The molecule has 0 aliphatic carbocycles. The van der Waals surface area contributed by atoms with Crippen molar-refractivity contribution in [2.75, 3.05) is 26.4 Å². The molecule has 1 unspecified atom stereocenters. The van der Waals surface area contributed by atoms with E-state index < -0.39 is 12.1 Å². The molecule has 138 valence electrons. The molecular weight excluding hydrogens is 310 g/mol. The fourth-order valence-electron chi connectivity index (χ4n) is 1.63. The Hall–Kier alpha value is -2.08. The lowest BCUT2D eigenvalue weighted by atomic mass is 10.2. The molecule has 0 bridgehead atoms. The second-order valence-electron chi connectivity index (χ2n) is 5.03. The monoisotopic (exact) mass is 341 g/mol. The predicted octanol–water partition coefficient (Wildman–Crippen LogP) is 2.76. The number of carbonyl (C=O) groups is 2. The first kappa shape index (κ1) is 21.9. The highest BCUT2D eigenvalue weighted by atomic mass is 16.6. The van der Waals surface area contributed by atoms with Gasteiger partial charge in [-0.2, -0.15) is 0 Å². The van der Waals surface area contributed by atoms with Gasteiger partial charge in [0.05, 0.1) is 13.2 Å². The molecule has 1 atom stereocenters. The van der Waals surface area contributed by atoms with Crippen LogP contribution in [0.4, 0.5) is 0 Å². The first-order valence-corrected chi connectivity index (χ1v) is 8.18. The van der Waals surface area contributed by atoms with E-state index in [1.807, 2.05) is 13.8 Å². The Labute approximate surface area is 146 Å². The van der Waals surface area contributed by atoms with Crippen LogP contribution in [0.5, 0.6) is 0 Å². The van der Waals surface area contributed by atoms with Crippen LogP contribution >= 0.6 is 0 Å². The highest BCUT2D eigenvalue weighted by Gasteiger charge is 2.16. The minimum absolute atomic E-state index is 0. The topological polar surface area (TPSA) is 73.9 Å². The lowest BCUT2D eigenvalue weighted by Crippen LogP contribution is -2.38. The Morgan fingerprint density at radius 3 is 2.71 bits per heavy atom. The predicted molar refractivity (Wildman–Crippen MR) is 95.5 cm³/mol. The number of nitrogens with one attached hydrogen (secondary N) is 1. The summed E-state index contributed by atoms with van der Waals surface area (Å²) in [7, 11) is 0. The second kappa shape index (κ2) is 14.5. The van der Waals surface area contributed by atoms with Crippen LogP contribution < -0.4 is 5.32 Å². The lowest BCUT2D eigenvalue weighted by Gasteiger charge is -2.18. The van der Waals surface area contributed by atoms with Gasteiger partial charge in [-0.1, -0.05) is 38.7 Å². The fraction of sp³-hybridized carbons (Fsp3) is 0.556. The molecule has 1 N–H and O–H groups in total. The van der Waals surface area contributed by atoms with Crippen molar-refractivity contribution in [2.24, 2.45) is 0 Å². The number of rotatable bonds is 14. The molecule has 0 aromatic heterocycles. The largest absolute Gasteiger partial charge is 0.483 e. The molecule has 0 aromatic carbocycles. The molecule has 0 heterocycles. The van der Waals surface area contributed by atoms with E-state index in [9.17, 15) is 9.59 Å². The number of hydrogen-bond donors (Lipinski definition) is 1. The molecule has 0 aromatic rings. The third-order valence-corrected chi connectivity index (χ3v) is 2.88. The third-order valence-electron chi connectivity index (χ3n) is 2.88. The summed E-state index contributed by atoms with van der Waals surface area (Å²) in [5.41, 5.74) is 0. The normalized spacial score (nSPS) is 11.8. The van der Waals surface area contributed by atoms with E-state index in [0.29, 0.717) is 18.8 Å². The van der Waals surface area contributed by atoms with Crippen LogP contribution in [0.2, 0.25) is 0 Å². The molecule has 0 spiro atoms. The number of esters is 1. The number of unbranched alkanes of at least 4 members (excludes halogenated alkanes) is 1. The zero-order chi connectivity index (χ0) is 18.2. The SMILES string of the molecule is C=C/C=C\C(=C)OCC(=O)OC(CNC(=O)CCCC)COCC.[HH]. The van der Waals surface area contributed by atoms with Crippen LogP contribution in [-0.2, 0) is 23.8 Å². The molecular formula is C18H31NO5. The molecule has 0 aliphatic rings. The summed E-state index contributed by atoms with van der Waals surface area (Å²) < 4.78 is 15.7. The van der Waals surface area contributed by atoms with Crippen molar-refractivity contribution in [3.63, 3.8) is 0 Å². The molecule has 24 heavy (non-hydrogen) atoms. The van der Waals surface area contributed by atoms with E-state index in [1.54, 1.807) is 18.2 Å². The Kier molecular flexibility index (Phi) is 13.3. The summed E-state index contributed by atoms with van der Waals surface area (Å²) in [5, 5.41) is 2.75. The number of carbonyl (C=O) groups excluding carboxylic acids is 2. The summed E-state index contributed by atoms with van der Waals surface area (Å²) in [6, 6.07) is 0. The zero-order valence-electron chi connectivity index (χ0n) is 14.7. The van der Waals surface area contributed by atoms with Crippen LogP contribution in [-0.4, -0.2) is 44.3 Å². The highest BCUT2D eigenvalue weighted by Crippen LogP contribution is 2.00. The van der Waals surface area contributed by atoms with Crippen LogP contribution in [0.3, 0.4) is 0 Å². The van der Waals surface area contributed by atoms with Gasteiger partial charge >= 0.3 is 5.97 Å². The van der Waals surface area contributed by atoms with Crippen LogP contribution in [0.15, 0.2) is 37.1 Å². The van der Waals surface area contributed by atoms with Gasteiger partial charge in [0.25, 0.3) is 0 Å². The van der Waals surface area contributed by atoms with Gasteiger partial charge in [-0.15, -0.1) is 0 Å². The molecule has 6 heteroatoms. The van der Waals surface area contributed by atoms with Gasteiger partial charge in [-0.05, 0) is 19.4 Å². The lowest BCUT2D eigenvalue weighted by molar-refractivity contribution is -0.156. The van der Waals surface area contributed by atoms with Crippen LogP contribution in [0.1, 0.15) is 34.5 Å². The summed E-state index contributed by atoms with van der Waals surface area (Å²) >= 11 is 0. The highest BCUT2D eigenvalue weighted by molar-refractivity contribution is 5.76. The molecule has 0 saturated heterocycles. The van der Waals surface area contributed by atoms with Crippen molar-refractivity contribution in [3.8, 4) is 0 Å². The minimum Gasteiger partial charge on any atom is -0.483 e. The van der Waals surface area contributed by atoms with E-state index in [1.165, 1.54) is 0 Å². The second-order valence-corrected chi connectivity index (χ2v) is 5.03. The van der Waals surface area contributed by atoms with E-state index in [-0.39, 0.29) is 27.1 Å². The summed E-state index contributed by atoms with van der Waals surface area (Å²) in [4.78, 5) is 23.4. The van der Waals surface area contributed by atoms with E-state index in [4.69, 9.17) is 14.2 Å². The van der Waals surface area contributed by atoms with Crippen molar-refractivity contribution in [1.82, 2.24) is 5.32 Å². The van der Waals surface area contributed by atoms with Crippen LogP contribution in [0, 0.1) is 0 Å². The van der Waals surface area contributed by atoms with Gasteiger partial charge in [0.15, 0.2) is 6.61 Å². The quantitative estimate of drug-likeness (QED) is 0.299. The van der Waals surface area contributed by atoms with E-state index >= 15 is 0 Å². The van der Waals surface area contributed by atoms with Crippen molar-refractivity contribution in [1.29, 1.82) is 0 Å². The molecule has 0 rings (SSSR count). The maximum absolute atomic E-state index is 11.8. The molecule has 1 amide bonds. The Bertz CT molecular complexity index is 437. The maximum atomic E-state index is 11.8. The molecule has 0 saturated carbocycles. The maximum Gasteiger partial charge on any atom is 0.344 e. The van der Waals surface area contributed by atoms with Gasteiger partial charge in [0.1, 0.15) is 11.9 Å². The number of allylic oxidation sites excluding steroid dienone is 3. The first-order chi connectivity index (χ1) is 11.5. The number of amides is 1. The summed E-state index contributed by atoms with van der Waals surface area (Å²) in [6.45, 7) is 11.7. The van der Waals surface area contributed by atoms with Gasteiger partial charge in [-0.25, -0.2) is 4.79 Å². The van der Waals surface area contributed by atoms with Crippen molar-refractivity contribution < 1.29 is 25.2 Å². The standard InChI is InChI=1S/C18H29NO5.H2/c1-5-8-10-15(4)23-14-18(21)24-16(13-22-7-3)12-19-17(20)11-9-6-2;/h5,8,10,16H,1,4,6-7,9,11-14H2,2-3H3,(H,19,20);1H/b10-8-;. The van der Waals surface area contributed by atoms with Gasteiger partial charge < -0.3 is 19.5 Å². The molecule has 0 radical (unpaired) electrons. The van der Waals surface area contributed by atoms with Crippen molar-refractivity contribution in [2.45, 2.75) is 39.2 Å². The Morgan fingerprint density at radius 1 is 1.33 bits per heavy atom. The molecule has 0 aliphatic heterocycles. The molecule has 0 fully saturated rings. The summed E-state index contributed by atoms with van der Waals surface area (Å²) in [6.07, 6.45) is 6.51. The number of hydrogen-bond acceptors (Lipinski definition) is 5. The molecule has 6 nitrogen and oxygen atoms in total. The van der Waals surface area contributed by atoms with E-state index in [0.717, 1.165) is 12.8 Å². The summed E-state index contributed by atoms with van der Waals surface area (Å²) in [5.74, 6) is -0.273. The van der Waals surface area contributed by atoms with Gasteiger partial charge in [-0.3, -0.25) is 4.79 Å². The Morgan fingerprint density at radius 2 is 2.08 bits per heavy atom. The first-order valence-electron chi connectivity index (χ1n) is 8.18. The van der Waals surface area contributed by atoms with Gasteiger partial charge in [0.2, 0.25) is 5.91 Å². The average Bonchev–Trinajstić information content (AvgIpc) is 2.58. The average molecular weight is 341 g/mol. The zero-order valence-corrected chi connectivity index (χ0v) is 14.7. The van der Waals surface area contributed by atoms with Crippen molar-refractivity contribution in [3.05, 3.63) is 37.1 Å². The fourth-order valence-corrected chi connectivity index (χ4v) is 1.63. The Balaban J connectivity index is 0. The van der Waals surface area contributed by atoms with Crippen LogP contribution in [0.25, 0.3) is 0 Å². The van der Waals surface area contributed by atoms with Crippen molar-refractivity contribution >= 4 is 11.9 Å².